The van der Waals surface area contributed by atoms with Gasteiger partial charge in [-0.2, -0.15) is 0 Å². The fraction of sp³-hybridized carbons (Fsp3) is 0.667. The molecule has 3 aliphatic heterocycles. The number of rotatable bonds is 2. The van der Waals surface area contributed by atoms with E-state index < -0.39 is 29.5 Å². The van der Waals surface area contributed by atoms with Crippen molar-refractivity contribution in [3.05, 3.63) is 12.2 Å². The van der Waals surface area contributed by atoms with Crippen molar-refractivity contribution in [1.29, 1.82) is 0 Å². The maximum Gasteiger partial charge on any atom is 0.310 e. The molecule has 1 saturated carbocycles. The maximum absolute atomic E-state index is 12.3. The minimum Gasteiger partial charge on any atom is -0.481 e. The fourth-order valence-corrected chi connectivity index (χ4v) is 3.51. The average Bonchev–Trinajstić information content (AvgIpc) is 2.89. The highest BCUT2D eigenvalue weighted by Gasteiger charge is 2.68. The third-order valence-corrected chi connectivity index (χ3v) is 4.40. The van der Waals surface area contributed by atoms with E-state index in [4.69, 9.17) is 4.74 Å². The molecule has 2 saturated heterocycles. The molecule has 4 aliphatic rings. The number of amides is 1. The van der Waals surface area contributed by atoms with Crippen molar-refractivity contribution in [1.82, 2.24) is 4.90 Å². The number of fused-ring (bicyclic) bond motifs is 1. The van der Waals surface area contributed by atoms with Crippen molar-refractivity contribution in [2.24, 2.45) is 11.8 Å². The van der Waals surface area contributed by atoms with Crippen molar-refractivity contribution in [2.45, 2.75) is 30.6 Å². The van der Waals surface area contributed by atoms with Crippen LogP contribution in [-0.2, 0) is 14.3 Å². The van der Waals surface area contributed by atoms with Crippen molar-refractivity contribution < 1.29 is 19.4 Å². The number of carbonyl (C=O) groups excluding carboxylic acids is 1. The molecule has 0 aromatic heterocycles. The first-order valence-corrected chi connectivity index (χ1v) is 6.03. The zero-order chi connectivity index (χ0) is 11.8. The number of carboxylic acid groups (broad SMARTS) is 1. The van der Waals surface area contributed by atoms with Crippen LogP contribution in [-0.4, -0.2) is 46.2 Å². The lowest BCUT2D eigenvalue weighted by atomic mass is 9.77. The molecule has 4 atom stereocenters. The Balaban J connectivity index is 1.76. The van der Waals surface area contributed by atoms with Crippen LogP contribution in [0.5, 0.6) is 0 Å². The fourth-order valence-electron chi connectivity index (χ4n) is 3.51. The number of carbonyl (C=O) groups is 2. The second-order valence-electron chi connectivity index (χ2n) is 5.44. The number of nitrogens with zero attached hydrogens (tertiary/aromatic N) is 1. The Morgan fingerprint density at radius 2 is 2.29 bits per heavy atom. The molecule has 5 heteroatoms. The van der Waals surface area contributed by atoms with Crippen molar-refractivity contribution >= 4 is 11.9 Å². The monoisotopic (exact) mass is 235 g/mol. The molecule has 2 bridgehead atoms. The minimum atomic E-state index is -0.919. The second-order valence-corrected chi connectivity index (χ2v) is 5.44. The predicted molar refractivity (Wildman–Crippen MR) is 56.1 cm³/mol. The van der Waals surface area contributed by atoms with Gasteiger partial charge in [0.2, 0.25) is 5.91 Å². The van der Waals surface area contributed by atoms with Crippen LogP contribution in [0.3, 0.4) is 0 Å². The van der Waals surface area contributed by atoms with E-state index in [0.717, 1.165) is 12.8 Å². The van der Waals surface area contributed by atoms with Gasteiger partial charge in [0, 0.05) is 6.04 Å². The Labute approximate surface area is 98.0 Å². The highest BCUT2D eigenvalue weighted by Crippen LogP contribution is 2.53. The highest BCUT2D eigenvalue weighted by atomic mass is 16.5. The molecule has 1 spiro atoms. The van der Waals surface area contributed by atoms with Gasteiger partial charge in [0.05, 0.1) is 18.6 Å². The SMILES string of the molecule is O=C(O)[C@@H]1[C@H]2C=C[C@]3(CN(C4CC4)C(=O)[C@@H]13)O2. The maximum atomic E-state index is 12.3. The second kappa shape index (κ2) is 2.72. The summed E-state index contributed by atoms with van der Waals surface area (Å²) in [6.45, 7) is 0.540. The summed E-state index contributed by atoms with van der Waals surface area (Å²) in [7, 11) is 0. The van der Waals surface area contributed by atoms with Gasteiger partial charge >= 0.3 is 5.97 Å². The van der Waals surface area contributed by atoms with E-state index >= 15 is 0 Å². The Hall–Kier alpha value is -1.36. The molecule has 1 N–H and O–H groups in total. The normalized spacial score (nSPS) is 46.7. The van der Waals surface area contributed by atoms with Crippen LogP contribution in [0.2, 0.25) is 0 Å². The molecule has 1 aliphatic carbocycles. The quantitative estimate of drug-likeness (QED) is 0.685. The zero-order valence-electron chi connectivity index (χ0n) is 9.20. The Morgan fingerprint density at radius 1 is 1.53 bits per heavy atom. The zero-order valence-corrected chi connectivity index (χ0v) is 9.20. The minimum absolute atomic E-state index is 0.0215. The van der Waals surface area contributed by atoms with E-state index in [1.54, 1.807) is 6.08 Å². The van der Waals surface area contributed by atoms with Gasteiger partial charge < -0.3 is 14.7 Å². The smallest absolute Gasteiger partial charge is 0.310 e. The number of hydrogen-bond acceptors (Lipinski definition) is 3. The Bertz CT molecular complexity index is 455. The van der Waals surface area contributed by atoms with E-state index in [-0.39, 0.29) is 5.91 Å². The number of likely N-dealkylation sites (tertiary alicyclic amines) is 1. The van der Waals surface area contributed by atoms with Crippen molar-refractivity contribution in [3.63, 3.8) is 0 Å². The summed E-state index contributed by atoms with van der Waals surface area (Å²) in [6.07, 6.45) is 5.38. The average molecular weight is 235 g/mol. The lowest BCUT2D eigenvalue weighted by Crippen LogP contribution is -2.39. The van der Waals surface area contributed by atoms with Crippen LogP contribution in [0.15, 0.2) is 12.2 Å². The van der Waals surface area contributed by atoms with Gasteiger partial charge in [-0.3, -0.25) is 9.59 Å². The summed E-state index contributed by atoms with van der Waals surface area (Å²) < 4.78 is 5.78. The van der Waals surface area contributed by atoms with Gasteiger partial charge in [-0.05, 0) is 12.8 Å². The molecule has 90 valence electrons. The third-order valence-electron chi connectivity index (χ3n) is 4.40. The topological polar surface area (TPSA) is 66.8 Å². The first kappa shape index (κ1) is 9.65. The molecule has 0 radical (unpaired) electrons. The molecule has 5 nitrogen and oxygen atoms in total. The first-order chi connectivity index (χ1) is 8.12. The highest BCUT2D eigenvalue weighted by molar-refractivity contribution is 5.91. The van der Waals surface area contributed by atoms with Crippen LogP contribution in [0.4, 0.5) is 0 Å². The van der Waals surface area contributed by atoms with Crippen LogP contribution in [0.1, 0.15) is 12.8 Å². The first-order valence-electron chi connectivity index (χ1n) is 6.03. The summed E-state index contributed by atoms with van der Waals surface area (Å²) in [4.78, 5) is 25.4. The molecular formula is C12H13NO4. The summed E-state index contributed by atoms with van der Waals surface area (Å²) in [5.41, 5.74) is -0.645. The van der Waals surface area contributed by atoms with Gasteiger partial charge in [0.25, 0.3) is 0 Å². The van der Waals surface area contributed by atoms with Gasteiger partial charge in [-0.1, -0.05) is 12.2 Å². The summed E-state index contributed by atoms with van der Waals surface area (Å²) >= 11 is 0. The van der Waals surface area contributed by atoms with Gasteiger partial charge in [0.1, 0.15) is 11.5 Å². The van der Waals surface area contributed by atoms with Crippen LogP contribution in [0, 0.1) is 11.8 Å². The summed E-state index contributed by atoms with van der Waals surface area (Å²) in [5, 5.41) is 9.25. The number of carboxylic acids is 1. The predicted octanol–water partition coefficient (Wildman–Crippen LogP) is 0.0154. The molecule has 0 aromatic carbocycles. The third kappa shape index (κ3) is 1.03. The molecule has 3 fully saturated rings. The van der Waals surface area contributed by atoms with Gasteiger partial charge in [-0.15, -0.1) is 0 Å². The standard InChI is InChI=1S/C12H13NO4/c14-10-9-8(11(15)16)7-3-4-12(9,17-7)5-13(10)6-1-2-6/h3-4,6-9H,1-2,5H2,(H,15,16)/t7-,8-,9-,12-/m1/s1. The molecule has 4 rings (SSSR count). The van der Waals surface area contributed by atoms with Gasteiger partial charge in [0.15, 0.2) is 0 Å². The number of hydrogen-bond donors (Lipinski definition) is 1. The van der Waals surface area contributed by atoms with Crippen LogP contribution >= 0.6 is 0 Å². The largest absolute Gasteiger partial charge is 0.481 e. The van der Waals surface area contributed by atoms with E-state index in [1.807, 2.05) is 11.0 Å². The number of ether oxygens (including phenoxy) is 1. The van der Waals surface area contributed by atoms with E-state index in [0.29, 0.717) is 12.6 Å². The molecular weight excluding hydrogens is 222 g/mol. The van der Waals surface area contributed by atoms with E-state index in [1.165, 1.54) is 0 Å². The van der Waals surface area contributed by atoms with Crippen LogP contribution in [0.25, 0.3) is 0 Å². The summed E-state index contributed by atoms with van der Waals surface area (Å²) in [5.74, 6) is -2.14. The van der Waals surface area contributed by atoms with Crippen LogP contribution < -0.4 is 0 Å². The van der Waals surface area contributed by atoms with E-state index in [9.17, 15) is 14.7 Å². The van der Waals surface area contributed by atoms with Crippen molar-refractivity contribution in [2.75, 3.05) is 6.54 Å². The Morgan fingerprint density at radius 3 is 2.94 bits per heavy atom. The molecule has 0 aromatic rings. The Kier molecular flexibility index (Phi) is 1.54. The van der Waals surface area contributed by atoms with E-state index in [2.05, 4.69) is 0 Å². The number of aliphatic carboxylic acids is 1. The van der Waals surface area contributed by atoms with Gasteiger partial charge in [-0.25, -0.2) is 0 Å². The lowest BCUT2D eigenvalue weighted by Gasteiger charge is -2.21. The molecule has 17 heavy (non-hydrogen) atoms. The lowest BCUT2D eigenvalue weighted by molar-refractivity contribution is -0.148. The van der Waals surface area contributed by atoms with Crippen molar-refractivity contribution in [3.8, 4) is 0 Å². The molecule has 1 amide bonds. The summed E-state index contributed by atoms with van der Waals surface area (Å²) in [6, 6.07) is 0.327. The molecule has 3 heterocycles. The molecule has 0 unspecified atom stereocenters.